The lowest BCUT2D eigenvalue weighted by molar-refractivity contribution is -0.210. The molecule has 0 aliphatic carbocycles. The Kier molecular flexibility index (Phi) is 3.87. The fourth-order valence-electron chi connectivity index (χ4n) is 1.42. The Bertz CT molecular complexity index is 380. The second-order valence-electron chi connectivity index (χ2n) is 3.46. The lowest BCUT2D eigenvalue weighted by Gasteiger charge is -2.27. The minimum Gasteiger partial charge on any atom is -0.508 e. The molecule has 16 heavy (non-hydrogen) atoms. The fourth-order valence-corrected chi connectivity index (χ4v) is 1.42. The van der Waals surface area contributed by atoms with Gasteiger partial charge in [-0.15, -0.1) is 0 Å². The molecule has 1 rings (SSSR count). The summed E-state index contributed by atoms with van der Waals surface area (Å²) in [6, 6.07) is 5.95. The molecule has 0 amide bonds. The highest BCUT2D eigenvalue weighted by Crippen LogP contribution is 2.25. The Hall–Kier alpha value is -1.59. The van der Waals surface area contributed by atoms with Gasteiger partial charge in [0.05, 0.1) is 6.54 Å². The number of hydrogen-bond acceptors (Lipinski definition) is 5. The SMILES string of the molecule is CNCC(O)(OC(C)=O)c1cccc(O)c1. The quantitative estimate of drug-likeness (QED) is 0.508. The molecule has 88 valence electrons. The average molecular weight is 225 g/mol. The van der Waals surface area contributed by atoms with Gasteiger partial charge in [-0.25, -0.2) is 0 Å². The highest BCUT2D eigenvalue weighted by atomic mass is 16.7. The molecule has 0 bridgehead atoms. The van der Waals surface area contributed by atoms with Gasteiger partial charge >= 0.3 is 5.97 Å². The van der Waals surface area contributed by atoms with E-state index in [1.165, 1.54) is 19.1 Å². The number of aromatic hydroxyl groups is 1. The minimum absolute atomic E-state index is 0.000759. The lowest BCUT2D eigenvalue weighted by atomic mass is 10.1. The van der Waals surface area contributed by atoms with Crippen molar-refractivity contribution in [2.24, 2.45) is 0 Å². The van der Waals surface area contributed by atoms with Crippen LogP contribution in [0.25, 0.3) is 0 Å². The average Bonchev–Trinajstić information content (AvgIpc) is 2.16. The molecule has 5 heteroatoms. The first-order valence-corrected chi connectivity index (χ1v) is 4.84. The van der Waals surface area contributed by atoms with Gasteiger partial charge in [-0.3, -0.25) is 4.79 Å². The summed E-state index contributed by atoms with van der Waals surface area (Å²) in [5.41, 5.74) is 0.317. The summed E-state index contributed by atoms with van der Waals surface area (Å²) in [4.78, 5) is 10.9. The molecule has 1 atom stereocenters. The molecule has 0 radical (unpaired) electrons. The molecule has 0 aliphatic heterocycles. The number of benzene rings is 1. The highest BCUT2D eigenvalue weighted by Gasteiger charge is 2.32. The largest absolute Gasteiger partial charge is 0.508 e. The molecule has 0 aliphatic rings. The molecule has 0 spiro atoms. The maximum atomic E-state index is 10.9. The molecule has 1 aromatic carbocycles. The summed E-state index contributed by atoms with van der Waals surface area (Å²) in [6.45, 7) is 1.25. The van der Waals surface area contributed by atoms with E-state index in [9.17, 15) is 15.0 Å². The van der Waals surface area contributed by atoms with E-state index in [2.05, 4.69) is 5.32 Å². The molecule has 0 saturated carbocycles. The number of rotatable bonds is 4. The van der Waals surface area contributed by atoms with Gasteiger partial charge in [-0.05, 0) is 19.2 Å². The molecule has 3 N–H and O–H groups in total. The zero-order valence-electron chi connectivity index (χ0n) is 9.23. The van der Waals surface area contributed by atoms with Crippen molar-refractivity contribution >= 4 is 5.97 Å². The number of likely N-dealkylation sites (N-methyl/N-ethyl adjacent to an activating group) is 1. The maximum absolute atomic E-state index is 10.9. The number of hydrogen-bond donors (Lipinski definition) is 3. The second kappa shape index (κ2) is 4.96. The van der Waals surface area contributed by atoms with Crippen LogP contribution in [0.1, 0.15) is 12.5 Å². The Labute approximate surface area is 93.7 Å². The van der Waals surface area contributed by atoms with E-state index >= 15 is 0 Å². The summed E-state index contributed by atoms with van der Waals surface area (Å²) >= 11 is 0. The Balaban J connectivity index is 3.05. The lowest BCUT2D eigenvalue weighted by Crippen LogP contribution is -2.40. The van der Waals surface area contributed by atoms with Crippen LogP contribution in [0.5, 0.6) is 5.75 Å². The van der Waals surface area contributed by atoms with Gasteiger partial charge in [0.25, 0.3) is 5.79 Å². The normalized spacial score (nSPS) is 14.2. The number of carbonyl (C=O) groups excluding carboxylic acids is 1. The van der Waals surface area contributed by atoms with Crippen molar-refractivity contribution in [3.8, 4) is 5.75 Å². The zero-order chi connectivity index (χ0) is 12.2. The molecule has 5 nitrogen and oxygen atoms in total. The monoisotopic (exact) mass is 225 g/mol. The van der Waals surface area contributed by atoms with E-state index in [0.717, 1.165) is 0 Å². The van der Waals surface area contributed by atoms with Crippen molar-refractivity contribution in [3.05, 3.63) is 29.8 Å². The smallest absolute Gasteiger partial charge is 0.305 e. The first kappa shape index (κ1) is 12.5. The van der Waals surface area contributed by atoms with Crippen LogP contribution in [-0.2, 0) is 15.3 Å². The molecule has 0 fully saturated rings. The predicted molar refractivity (Wildman–Crippen MR) is 57.7 cm³/mol. The molecular formula is C11H15NO4. The zero-order valence-corrected chi connectivity index (χ0v) is 9.23. The number of phenolic OH excluding ortho intramolecular Hbond substituents is 1. The standard InChI is InChI=1S/C11H15NO4/c1-8(13)16-11(15,7-12-2)9-4-3-5-10(14)6-9/h3-6,12,14-15H,7H2,1-2H3. The fraction of sp³-hybridized carbons (Fsp3) is 0.364. The summed E-state index contributed by atoms with van der Waals surface area (Å²) in [6.07, 6.45) is 0. The molecule has 1 unspecified atom stereocenters. The van der Waals surface area contributed by atoms with E-state index in [-0.39, 0.29) is 12.3 Å². The van der Waals surface area contributed by atoms with Gasteiger partial charge in [0.15, 0.2) is 0 Å². The number of esters is 1. The van der Waals surface area contributed by atoms with Crippen LogP contribution in [0.3, 0.4) is 0 Å². The third-order valence-corrected chi connectivity index (χ3v) is 2.03. The Morgan fingerprint density at radius 3 is 2.75 bits per heavy atom. The second-order valence-corrected chi connectivity index (χ2v) is 3.46. The molecule has 0 heterocycles. The predicted octanol–water partition coefficient (Wildman–Crippen LogP) is 0.320. The van der Waals surface area contributed by atoms with Crippen LogP contribution in [0, 0.1) is 0 Å². The topological polar surface area (TPSA) is 78.8 Å². The summed E-state index contributed by atoms with van der Waals surface area (Å²) < 4.78 is 4.86. The van der Waals surface area contributed by atoms with Crippen LogP contribution in [0.2, 0.25) is 0 Å². The van der Waals surface area contributed by atoms with Crippen LogP contribution in [0.4, 0.5) is 0 Å². The van der Waals surface area contributed by atoms with E-state index in [1.54, 1.807) is 19.2 Å². The highest BCUT2D eigenvalue weighted by molar-refractivity contribution is 5.66. The molecular weight excluding hydrogens is 210 g/mol. The molecule has 0 saturated heterocycles. The van der Waals surface area contributed by atoms with Gasteiger partial charge in [-0.1, -0.05) is 12.1 Å². The Morgan fingerprint density at radius 1 is 1.56 bits per heavy atom. The van der Waals surface area contributed by atoms with Crippen molar-refractivity contribution in [2.75, 3.05) is 13.6 Å². The van der Waals surface area contributed by atoms with Gasteiger partial charge in [-0.2, -0.15) is 0 Å². The Morgan fingerprint density at radius 2 is 2.25 bits per heavy atom. The van der Waals surface area contributed by atoms with E-state index in [0.29, 0.717) is 5.56 Å². The minimum atomic E-state index is -1.76. The van der Waals surface area contributed by atoms with Crippen LogP contribution >= 0.6 is 0 Å². The molecule has 0 aromatic heterocycles. The number of phenols is 1. The summed E-state index contributed by atoms with van der Waals surface area (Å²) in [5, 5.41) is 22.2. The van der Waals surface area contributed by atoms with Crippen molar-refractivity contribution < 1.29 is 19.7 Å². The third kappa shape index (κ3) is 2.95. The van der Waals surface area contributed by atoms with Crippen molar-refractivity contribution in [1.29, 1.82) is 0 Å². The first-order valence-electron chi connectivity index (χ1n) is 4.84. The van der Waals surface area contributed by atoms with Gasteiger partial charge < -0.3 is 20.3 Å². The number of nitrogens with one attached hydrogen (secondary N) is 1. The third-order valence-electron chi connectivity index (χ3n) is 2.03. The summed E-state index contributed by atoms with van der Waals surface area (Å²) in [7, 11) is 1.62. The maximum Gasteiger partial charge on any atom is 0.305 e. The van der Waals surface area contributed by atoms with E-state index in [1.807, 2.05) is 0 Å². The van der Waals surface area contributed by atoms with Crippen LogP contribution in [0.15, 0.2) is 24.3 Å². The number of ether oxygens (including phenoxy) is 1. The number of carbonyl (C=O) groups is 1. The number of aliphatic hydroxyl groups is 1. The van der Waals surface area contributed by atoms with Gasteiger partial charge in [0.1, 0.15) is 5.75 Å². The van der Waals surface area contributed by atoms with Gasteiger partial charge in [0, 0.05) is 12.5 Å². The molecule has 1 aromatic rings. The van der Waals surface area contributed by atoms with E-state index < -0.39 is 11.8 Å². The van der Waals surface area contributed by atoms with Crippen LogP contribution < -0.4 is 5.32 Å². The van der Waals surface area contributed by atoms with Crippen molar-refractivity contribution in [2.45, 2.75) is 12.7 Å². The first-order chi connectivity index (χ1) is 7.48. The summed E-state index contributed by atoms with van der Waals surface area (Å²) in [5.74, 6) is -2.36. The van der Waals surface area contributed by atoms with Crippen LogP contribution in [-0.4, -0.2) is 29.8 Å². The van der Waals surface area contributed by atoms with Crippen molar-refractivity contribution in [1.82, 2.24) is 5.32 Å². The van der Waals surface area contributed by atoms with Crippen molar-refractivity contribution in [3.63, 3.8) is 0 Å². The van der Waals surface area contributed by atoms with E-state index in [4.69, 9.17) is 4.74 Å². The van der Waals surface area contributed by atoms with Gasteiger partial charge in [0.2, 0.25) is 0 Å².